The van der Waals surface area contributed by atoms with Gasteiger partial charge in [-0.2, -0.15) is 5.26 Å². The lowest BCUT2D eigenvalue weighted by Gasteiger charge is -2.22. The Labute approximate surface area is 297 Å². The number of hydrogen-bond donors (Lipinski definition) is 0. The van der Waals surface area contributed by atoms with Crippen LogP contribution in [0.25, 0.3) is 78.1 Å². The zero-order valence-corrected chi connectivity index (χ0v) is 28.3. The van der Waals surface area contributed by atoms with E-state index in [0.717, 1.165) is 61.1 Å². The van der Waals surface area contributed by atoms with E-state index in [-0.39, 0.29) is 5.41 Å². The monoisotopic (exact) mass is 652 g/mol. The highest BCUT2D eigenvalue weighted by molar-refractivity contribution is 6.05. The zero-order valence-electron chi connectivity index (χ0n) is 28.3. The molecule has 0 atom stereocenters. The highest BCUT2D eigenvalue weighted by Gasteiger charge is 2.37. The van der Waals surface area contributed by atoms with E-state index < -0.39 is 0 Å². The van der Waals surface area contributed by atoms with Crippen LogP contribution in [0.5, 0.6) is 0 Å². The standard InChI is InChI=1S/C47H32N4/c1-47(2)41-25-32(19-20-40(41)45-39-18-10-9-17-38(39)37(28-48)26-42(45)47)34-22-35(33-16-11-21-49-29-33)24-36(23-34)44-27-43(30-12-5-3-6-13-30)50-46(51-44)31-14-7-4-8-15-31/h3-27,29H,1-2H3. The maximum atomic E-state index is 10.1. The van der Waals surface area contributed by atoms with Crippen molar-refractivity contribution in [2.24, 2.45) is 0 Å². The molecule has 0 spiro atoms. The molecule has 0 N–H and O–H groups in total. The third-order valence-electron chi connectivity index (χ3n) is 10.2. The lowest BCUT2D eigenvalue weighted by molar-refractivity contribution is 0.661. The molecule has 9 rings (SSSR count). The molecule has 6 aromatic carbocycles. The van der Waals surface area contributed by atoms with E-state index >= 15 is 0 Å². The zero-order chi connectivity index (χ0) is 34.5. The molecule has 0 amide bonds. The Bertz CT molecular complexity index is 2600. The maximum Gasteiger partial charge on any atom is 0.160 e. The van der Waals surface area contributed by atoms with Crippen LogP contribution in [0.2, 0.25) is 0 Å². The van der Waals surface area contributed by atoms with E-state index in [0.29, 0.717) is 11.4 Å². The van der Waals surface area contributed by atoms with Crippen LogP contribution in [0.15, 0.2) is 158 Å². The van der Waals surface area contributed by atoms with Gasteiger partial charge in [0.05, 0.1) is 23.0 Å². The first-order valence-electron chi connectivity index (χ1n) is 17.2. The topological polar surface area (TPSA) is 62.5 Å². The van der Waals surface area contributed by atoms with Gasteiger partial charge in [-0.15, -0.1) is 0 Å². The summed E-state index contributed by atoms with van der Waals surface area (Å²) in [7, 11) is 0. The molecule has 2 heterocycles. The molecule has 240 valence electrons. The van der Waals surface area contributed by atoms with Crippen LogP contribution >= 0.6 is 0 Å². The van der Waals surface area contributed by atoms with Gasteiger partial charge in [0.1, 0.15) is 0 Å². The van der Waals surface area contributed by atoms with E-state index in [9.17, 15) is 5.26 Å². The van der Waals surface area contributed by atoms with Crippen molar-refractivity contribution >= 4 is 10.8 Å². The molecule has 1 aliphatic carbocycles. The second kappa shape index (κ2) is 12.0. The van der Waals surface area contributed by atoms with Crippen LogP contribution in [0.1, 0.15) is 30.5 Å². The Balaban J connectivity index is 1.25. The van der Waals surface area contributed by atoms with E-state index in [1.807, 2.05) is 54.7 Å². The first-order valence-corrected chi connectivity index (χ1v) is 17.2. The average Bonchev–Trinajstić information content (AvgIpc) is 3.43. The summed E-state index contributed by atoms with van der Waals surface area (Å²) in [5.41, 5.74) is 14.3. The Hall–Kier alpha value is -6.70. The minimum Gasteiger partial charge on any atom is -0.264 e. The van der Waals surface area contributed by atoms with Gasteiger partial charge in [0.15, 0.2) is 5.82 Å². The lowest BCUT2D eigenvalue weighted by Crippen LogP contribution is -2.15. The molecule has 4 nitrogen and oxygen atoms in total. The molecule has 8 aromatic rings. The molecular weight excluding hydrogens is 621 g/mol. The molecular formula is C47H32N4. The number of pyridine rings is 1. The fraction of sp³-hybridized carbons (Fsp3) is 0.0638. The van der Waals surface area contributed by atoms with E-state index in [1.54, 1.807) is 6.20 Å². The van der Waals surface area contributed by atoms with Crippen molar-refractivity contribution in [3.8, 4) is 73.4 Å². The van der Waals surface area contributed by atoms with Gasteiger partial charge in [-0.25, -0.2) is 9.97 Å². The van der Waals surface area contributed by atoms with E-state index in [4.69, 9.17) is 9.97 Å². The lowest BCUT2D eigenvalue weighted by atomic mass is 9.80. The predicted octanol–water partition coefficient (Wildman–Crippen LogP) is 11.5. The summed E-state index contributed by atoms with van der Waals surface area (Å²) in [6.45, 7) is 4.54. The fourth-order valence-corrected chi connectivity index (χ4v) is 7.57. The Morgan fingerprint density at radius 2 is 1.14 bits per heavy atom. The first kappa shape index (κ1) is 30.4. The molecule has 0 aliphatic heterocycles. The number of benzene rings is 6. The summed E-state index contributed by atoms with van der Waals surface area (Å²) in [4.78, 5) is 14.7. The van der Waals surface area contributed by atoms with E-state index in [1.165, 1.54) is 22.3 Å². The number of nitriles is 1. The summed E-state index contributed by atoms with van der Waals surface area (Å²) in [5, 5.41) is 12.2. The first-order chi connectivity index (χ1) is 25.0. The van der Waals surface area contributed by atoms with Gasteiger partial charge < -0.3 is 0 Å². The largest absolute Gasteiger partial charge is 0.264 e. The van der Waals surface area contributed by atoms with Crippen LogP contribution in [0, 0.1) is 11.3 Å². The Morgan fingerprint density at radius 3 is 1.84 bits per heavy atom. The highest BCUT2D eigenvalue weighted by atomic mass is 14.9. The third-order valence-corrected chi connectivity index (χ3v) is 10.2. The number of rotatable bonds is 5. The molecule has 2 aromatic heterocycles. The molecule has 0 saturated carbocycles. The summed E-state index contributed by atoms with van der Waals surface area (Å²) in [5.74, 6) is 0.682. The van der Waals surface area contributed by atoms with Crippen molar-refractivity contribution < 1.29 is 0 Å². The predicted molar refractivity (Wildman–Crippen MR) is 207 cm³/mol. The Kier molecular flexibility index (Phi) is 7.15. The molecule has 51 heavy (non-hydrogen) atoms. The molecule has 0 unspecified atom stereocenters. The molecule has 0 radical (unpaired) electrons. The second-order valence-electron chi connectivity index (χ2n) is 13.6. The van der Waals surface area contributed by atoms with Gasteiger partial charge in [-0.1, -0.05) is 117 Å². The van der Waals surface area contributed by atoms with Gasteiger partial charge >= 0.3 is 0 Å². The summed E-state index contributed by atoms with van der Waals surface area (Å²) >= 11 is 0. The molecule has 4 heteroatoms. The average molecular weight is 653 g/mol. The minimum absolute atomic E-state index is 0.290. The van der Waals surface area contributed by atoms with Crippen molar-refractivity contribution in [3.05, 3.63) is 175 Å². The van der Waals surface area contributed by atoms with Crippen molar-refractivity contribution in [3.63, 3.8) is 0 Å². The number of fused-ring (bicyclic) bond motifs is 5. The number of aromatic nitrogens is 3. The number of hydrogen-bond acceptors (Lipinski definition) is 4. The maximum absolute atomic E-state index is 10.1. The van der Waals surface area contributed by atoms with E-state index in [2.05, 4.69) is 122 Å². The Morgan fingerprint density at radius 1 is 0.510 bits per heavy atom. The third kappa shape index (κ3) is 5.19. The van der Waals surface area contributed by atoms with Gasteiger partial charge in [0, 0.05) is 45.4 Å². The molecule has 0 fully saturated rings. The van der Waals surface area contributed by atoms with Crippen molar-refractivity contribution in [2.45, 2.75) is 19.3 Å². The summed E-state index contributed by atoms with van der Waals surface area (Å²) in [6, 6.07) is 53.0. The normalized spacial score (nSPS) is 12.6. The SMILES string of the molecule is CC1(C)c2cc(-c3cc(-c4cccnc4)cc(-c4cc(-c5ccccc5)nc(-c5ccccc5)n4)c3)ccc2-c2c1cc(C#N)c1ccccc21. The summed E-state index contributed by atoms with van der Waals surface area (Å²) in [6.07, 6.45) is 3.71. The number of nitrogens with zero attached hydrogens (tertiary/aromatic N) is 4. The minimum atomic E-state index is -0.290. The van der Waals surface area contributed by atoms with Crippen LogP contribution in [0.3, 0.4) is 0 Å². The van der Waals surface area contributed by atoms with Crippen molar-refractivity contribution in [2.75, 3.05) is 0 Å². The fourth-order valence-electron chi connectivity index (χ4n) is 7.57. The van der Waals surface area contributed by atoms with Crippen LogP contribution in [0.4, 0.5) is 0 Å². The van der Waals surface area contributed by atoms with Crippen molar-refractivity contribution in [1.29, 1.82) is 5.26 Å². The van der Waals surface area contributed by atoms with Crippen LogP contribution in [-0.2, 0) is 5.41 Å². The summed E-state index contributed by atoms with van der Waals surface area (Å²) < 4.78 is 0. The molecule has 0 bridgehead atoms. The highest BCUT2D eigenvalue weighted by Crippen LogP contribution is 2.53. The smallest absolute Gasteiger partial charge is 0.160 e. The molecule has 1 aliphatic rings. The second-order valence-corrected chi connectivity index (χ2v) is 13.6. The molecule has 0 saturated heterocycles. The van der Waals surface area contributed by atoms with Gasteiger partial charge in [-0.05, 0) is 86.8 Å². The van der Waals surface area contributed by atoms with Gasteiger partial charge in [0.2, 0.25) is 0 Å². The van der Waals surface area contributed by atoms with Crippen LogP contribution < -0.4 is 0 Å². The van der Waals surface area contributed by atoms with Crippen molar-refractivity contribution in [1.82, 2.24) is 15.0 Å². The van der Waals surface area contributed by atoms with Crippen LogP contribution in [-0.4, -0.2) is 15.0 Å². The van der Waals surface area contributed by atoms with Gasteiger partial charge in [0.25, 0.3) is 0 Å². The quantitative estimate of drug-likeness (QED) is 0.186. The van der Waals surface area contributed by atoms with Gasteiger partial charge in [-0.3, -0.25) is 4.98 Å².